The highest BCUT2D eigenvalue weighted by molar-refractivity contribution is 6.31. The lowest BCUT2D eigenvalue weighted by atomic mass is 9.81. The fraction of sp³-hybridized carbons (Fsp3) is 0.600. The van der Waals surface area contributed by atoms with Crippen LogP contribution in [0.1, 0.15) is 27.2 Å². The van der Waals surface area contributed by atoms with Gasteiger partial charge in [-0.05, 0) is 39.2 Å². The molecule has 0 spiro atoms. The molecule has 0 bridgehead atoms. The van der Waals surface area contributed by atoms with Crippen molar-refractivity contribution in [3.8, 4) is 0 Å². The van der Waals surface area contributed by atoms with Crippen molar-refractivity contribution in [2.75, 3.05) is 0 Å². The molecule has 0 heterocycles. The molecule has 0 aromatic rings. The van der Waals surface area contributed by atoms with E-state index in [1.165, 1.54) is 5.57 Å². The molecule has 12 heavy (non-hydrogen) atoms. The monoisotopic (exact) mass is 185 g/mol. The molecule has 1 unspecified atom stereocenters. The van der Waals surface area contributed by atoms with E-state index in [-0.39, 0.29) is 5.54 Å². The van der Waals surface area contributed by atoms with Gasteiger partial charge < -0.3 is 5.73 Å². The minimum atomic E-state index is -0.171. The highest BCUT2D eigenvalue weighted by Crippen LogP contribution is 2.30. The molecule has 0 aromatic heterocycles. The van der Waals surface area contributed by atoms with Crippen LogP contribution in [0.15, 0.2) is 22.8 Å². The van der Waals surface area contributed by atoms with Crippen LogP contribution in [0.5, 0.6) is 0 Å². The zero-order valence-corrected chi connectivity index (χ0v) is 8.65. The Morgan fingerprint density at radius 1 is 1.58 bits per heavy atom. The quantitative estimate of drug-likeness (QED) is 0.668. The van der Waals surface area contributed by atoms with Crippen molar-refractivity contribution < 1.29 is 0 Å². The second-order valence-electron chi connectivity index (χ2n) is 4.17. The van der Waals surface area contributed by atoms with Crippen molar-refractivity contribution in [3.63, 3.8) is 0 Å². The number of hydrogen-bond donors (Lipinski definition) is 1. The fourth-order valence-electron chi connectivity index (χ4n) is 1.42. The Morgan fingerprint density at radius 2 is 2.17 bits per heavy atom. The van der Waals surface area contributed by atoms with Crippen molar-refractivity contribution in [2.24, 2.45) is 11.7 Å². The molecule has 0 saturated heterocycles. The number of rotatable bonds is 1. The number of hydrogen-bond acceptors (Lipinski definition) is 1. The van der Waals surface area contributed by atoms with Crippen LogP contribution in [0, 0.1) is 5.92 Å². The van der Waals surface area contributed by atoms with Gasteiger partial charge in [-0.1, -0.05) is 23.3 Å². The summed E-state index contributed by atoms with van der Waals surface area (Å²) in [6, 6.07) is 0. The SMILES string of the molecule is CC1=CC(Cl)=CC(C(C)(C)N)C1. The van der Waals surface area contributed by atoms with Gasteiger partial charge in [-0.2, -0.15) is 0 Å². The fourth-order valence-corrected chi connectivity index (χ4v) is 1.76. The first-order chi connectivity index (χ1) is 5.39. The van der Waals surface area contributed by atoms with E-state index in [0.29, 0.717) is 5.92 Å². The van der Waals surface area contributed by atoms with Gasteiger partial charge in [-0.15, -0.1) is 0 Å². The van der Waals surface area contributed by atoms with Crippen LogP contribution >= 0.6 is 11.6 Å². The van der Waals surface area contributed by atoms with Gasteiger partial charge in [0.25, 0.3) is 0 Å². The van der Waals surface area contributed by atoms with Gasteiger partial charge in [0.15, 0.2) is 0 Å². The van der Waals surface area contributed by atoms with Gasteiger partial charge in [-0.3, -0.25) is 0 Å². The van der Waals surface area contributed by atoms with E-state index < -0.39 is 0 Å². The zero-order chi connectivity index (χ0) is 9.35. The molecule has 1 nitrogen and oxygen atoms in total. The maximum atomic E-state index is 6.00. The number of nitrogens with two attached hydrogens (primary N) is 1. The third-order valence-electron chi connectivity index (χ3n) is 2.24. The van der Waals surface area contributed by atoms with E-state index in [4.69, 9.17) is 17.3 Å². The summed E-state index contributed by atoms with van der Waals surface area (Å²) in [5.74, 6) is 0.370. The highest BCUT2D eigenvalue weighted by Gasteiger charge is 2.25. The average Bonchev–Trinajstić information content (AvgIpc) is 1.82. The molecular weight excluding hydrogens is 170 g/mol. The van der Waals surface area contributed by atoms with Gasteiger partial charge in [0.2, 0.25) is 0 Å². The van der Waals surface area contributed by atoms with E-state index in [1.54, 1.807) is 0 Å². The Bertz CT molecular complexity index is 233. The topological polar surface area (TPSA) is 26.0 Å². The Kier molecular flexibility index (Phi) is 2.64. The molecule has 2 heteroatoms. The Balaban J connectivity index is 2.81. The predicted octanol–water partition coefficient (Wildman–Crippen LogP) is 2.81. The molecular formula is C10H16ClN. The molecule has 2 N–H and O–H groups in total. The average molecular weight is 186 g/mol. The summed E-state index contributed by atoms with van der Waals surface area (Å²) in [5, 5.41) is 0.822. The summed E-state index contributed by atoms with van der Waals surface area (Å²) in [7, 11) is 0. The molecule has 0 aliphatic heterocycles. The Labute approximate surface area is 79.3 Å². The summed E-state index contributed by atoms with van der Waals surface area (Å²) >= 11 is 5.94. The van der Waals surface area contributed by atoms with Crippen LogP contribution in [0.3, 0.4) is 0 Å². The van der Waals surface area contributed by atoms with E-state index in [9.17, 15) is 0 Å². The minimum Gasteiger partial charge on any atom is -0.325 e. The second-order valence-corrected chi connectivity index (χ2v) is 4.61. The predicted molar refractivity (Wildman–Crippen MR) is 54.1 cm³/mol. The third kappa shape index (κ3) is 2.36. The molecule has 1 rings (SSSR count). The van der Waals surface area contributed by atoms with Crippen LogP contribution in [-0.4, -0.2) is 5.54 Å². The van der Waals surface area contributed by atoms with Crippen LogP contribution in [0.4, 0.5) is 0 Å². The lowest BCUT2D eigenvalue weighted by Crippen LogP contribution is -2.40. The van der Waals surface area contributed by atoms with E-state index in [1.807, 2.05) is 19.9 Å². The van der Waals surface area contributed by atoms with E-state index in [0.717, 1.165) is 11.5 Å². The van der Waals surface area contributed by atoms with Gasteiger partial charge in [0, 0.05) is 10.6 Å². The first kappa shape index (κ1) is 9.82. The summed E-state index contributed by atoms with van der Waals surface area (Å²) in [6.07, 6.45) is 5.08. The van der Waals surface area contributed by atoms with Crippen molar-refractivity contribution >= 4 is 11.6 Å². The lowest BCUT2D eigenvalue weighted by molar-refractivity contribution is 0.377. The molecule has 1 atom stereocenters. The normalized spacial score (nSPS) is 24.9. The van der Waals surface area contributed by atoms with Gasteiger partial charge in [0.1, 0.15) is 0 Å². The van der Waals surface area contributed by atoms with Crippen LogP contribution in [0.25, 0.3) is 0 Å². The van der Waals surface area contributed by atoms with Crippen molar-refractivity contribution in [1.82, 2.24) is 0 Å². The standard InChI is InChI=1S/C10H16ClN/c1-7-4-8(10(2,3)12)6-9(11)5-7/h5-6,8H,4,12H2,1-3H3. The van der Waals surface area contributed by atoms with Crippen molar-refractivity contribution in [1.29, 1.82) is 0 Å². The molecule has 1 aliphatic carbocycles. The smallest absolute Gasteiger partial charge is 0.0369 e. The van der Waals surface area contributed by atoms with Crippen LogP contribution < -0.4 is 5.73 Å². The maximum Gasteiger partial charge on any atom is 0.0369 e. The number of allylic oxidation sites excluding steroid dienone is 3. The first-order valence-corrected chi connectivity index (χ1v) is 4.61. The zero-order valence-electron chi connectivity index (χ0n) is 7.89. The van der Waals surface area contributed by atoms with E-state index in [2.05, 4.69) is 13.0 Å². The number of halogens is 1. The molecule has 0 amide bonds. The minimum absolute atomic E-state index is 0.171. The molecule has 0 fully saturated rings. The summed E-state index contributed by atoms with van der Waals surface area (Å²) < 4.78 is 0. The highest BCUT2D eigenvalue weighted by atomic mass is 35.5. The molecule has 1 aliphatic rings. The molecule has 68 valence electrons. The van der Waals surface area contributed by atoms with E-state index >= 15 is 0 Å². The van der Waals surface area contributed by atoms with Crippen molar-refractivity contribution in [2.45, 2.75) is 32.7 Å². The largest absolute Gasteiger partial charge is 0.325 e. The molecule has 0 saturated carbocycles. The summed E-state index contributed by atoms with van der Waals surface area (Å²) in [5.41, 5.74) is 7.14. The second kappa shape index (κ2) is 3.23. The molecule has 0 radical (unpaired) electrons. The van der Waals surface area contributed by atoms with Gasteiger partial charge >= 0.3 is 0 Å². The maximum absolute atomic E-state index is 6.00. The van der Waals surface area contributed by atoms with Gasteiger partial charge in [-0.25, -0.2) is 0 Å². The lowest BCUT2D eigenvalue weighted by Gasteiger charge is -2.30. The summed E-state index contributed by atoms with van der Waals surface area (Å²) in [4.78, 5) is 0. The van der Waals surface area contributed by atoms with Crippen LogP contribution in [-0.2, 0) is 0 Å². The Morgan fingerprint density at radius 3 is 2.58 bits per heavy atom. The van der Waals surface area contributed by atoms with Gasteiger partial charge in [0.05, 0.1) is 0 Å². The Hall–Kier alpha value is -0.270. The summed E-state index contributed by atoms with van der Waals surface area (Å²) in [6.45, 7) is 6.17. The molecule has 0 aromatic carbocycles. The van der Waals surface area contributed by atoms with Crippen molar-refractivity contribution in [3.05, 3.63) is 22.8 Å². The first-order valence-electron chi connectivity index (χ1n) is 4.23. The third-order valence-corrected chi connectivity index (χ3v) is 2.48. The van der Waals surface area contributed by atoms with Crippen LogP contribution in [0.2, 0.25) is 0 Å².